The molecule has 2 heterocycles. The van der Waals surface area contributed by atoms with Crippen molar-refractivity contribution in [1.29, 1.82) is 0 Å². The maximum Gasteiger partial charge on any atom is 0.253 e. The van der Waals surface area contributed by atoms with Gasteiger partial charge in [-0.3, -0.25) is 4.79 Å². The van der Waals surface area contributed by atoms with Gasteiger partial charge >= 0.3 is 0 Å². The molecule has 1 fully saturated rings. The number of hydrogen-bond donors (Lipinski definition) is 1. The minimum absolute atomic E-state index is 0.0377. The van der Waals surface area contributed by atoms with E-state index in [1.807, 2.05) is 50.8 Å². The van der Waals surface area contributed by atoms with E-state index in [1.54, 1.807) is 4.68 Å². The lowest BCUT2D eigenvalue weighted by Gasteiger charge is -2.32. The molecule has 0 spiro atoms. The standard InChI is InChI=1S/C20H29N5O/c1-23(2)14-16-12-22-25(15-16)19-10-5-4-9-18(19)20(26)21-13-17-8-6-7-11-24(17)3/h4-5,9-10,12,15,17H,6-8,11,13-14H2,1-3H3,(H,21,26)/t17-/m0/s1. The normalized spacial score (nSPS) is 18.2. The van der Waals surface area contributed by atoms with Crippen LogP contribution in [0.2, 0.25) is 0 Å². The van der Waals surface area contributed by atoms with Gasteiger partial charge in [0.25, 0.3) is 5.91 Å². The summed E-state index contributed by atoms with van der Waals surface area (Å²) in [4.78, 5) is 17.2. The maximum absolute atomic E-state index is 12.8. The predicted molar refractivity (Wildman–Crippen MR) is 104 cm³/mol. The molecule has 140 valence electrons. The SMILES string of the molecule is CN(C)Cc1cnn(-c2ccccc2C(=O)NC[C@@H]2CCCCN2C)c1. The summed E-state index contributed by atoms with van der Waals surface area (Å²) >= 11 is 0. The monoisotopic (exact) mass is 355 g/mol. The van der Waals surface area contributed by atoms with Gasteiger partial charge in [-0.05, 0) is 52.7 Å². The van der Waals surface area contributed by atoms with Crippen molar-refractivity contribution in [1.82, 2.24) is 24.9 Å². The molecule has 1 atom stereocenters. The van der Waals surface area contributed by atoms with Crippen LogP contribution in [-0.2, 0) is 6.54 Å². The number of aromatic nitrogens is 2. The van der Waals surface area contributed by atoms with E-state index in [2.05, 4.69) is 27.3 Å². The Morgan fingerprint density at radius 2 is 2.12 bits per heavy atom. The van der Waals surface area contributed by atoms with Crippen molar-refractivity contribution >= 4 is 5.91 Å². The molecule has 1 aliphatic rings. The van der Waals surface area contributed by atoms with Gasteiger partial charge in [-0.25, -0.2) is 4.68 Å². The summed E-state index contributed by atoms with van der Waals surface area (Å²) in [6.45, 7) is 2.62. The molecule has 1 aromatic carbocycles. The van der Waals surface area contributed by atoms with Crippen LogP contribution in [0.3, 0.4) is 0 Å². The van der Waals surface area contributed by atoms with E-state index in [1.165, 1.54) is 12.8 Å². The fraction of sp³-hybridized carbons (Fsp3) is 0.500. The van der Waals surface area contributed by atoms with Gasteiger partial charge < -0.3 is 15.1 Å². The first-order valence-corrected chi connectivity index (χ1v) is 9.30. The van der Waals surface area contributed by atoms with Crippen LogP contribution >= 0.6 is 0 Å². The Morgan fingerprint density at radius 1 is 1.31 bits per heavy atom. The minimum atomic E-state index is -0.0377. The van der Waals surface area contributed by atoms with Crippen molar-refractivity contribution in [3.05, 3.63) is 47.8 Å². The molecule has 0 aliphatic carbocycles. The first kappa shape index (κ1) is 18.6. The van der Waals surface area contributed by atoms with Crippen LogP contribution in [0.15, 0.2) is 36.7 Å². The van der Waals surface area contributed by atoms with Crippen molar-refractivity contribution < 1.29 is 4.79 Å². The summed E-state index contributed by atoms with van der Waals surface area (Å²) in [5, 5.41) is 7.56. The Bertz CT molecular complexity index is 739. The zero-order valence-electron chi connectivity index (χ0n) is 16.0. The summed E-state index contributed by atoms with van der Waals surface area (Å²) in [6.07, 6.45) is 7.47. The third-order valence-electron chi connectivity index (χ3n) is 4.95. The van der Waals surface area contributed by atoms with Crippen LogP contribution in [0.4, 0.5) is 0 Å². The highest BCUT2D eigenvalue weighted by Gasteiger charge is 2.20. The summed E-state index contributed by atoms with van der Waals surface area (Å²) < 4.78 is 1.79. The number of para-hydroxylation sites is 1. The Labute approximate surface area is 155 Å². The summed E-state index contributed by atoms with van der Waals surface area (Å²) in [6, 6.07) is 8.07. The lowest BCUT2D eigenvalue weighted by molar-refractivity contribution is 0.0928. The van der Waals surface area contributed by atoms with Crippen molar-refractivity contribution in [2.24, 2.45) is 0 Å². The molecule has 0 radical (unpaired) electrons. The smallest absolute Gasteiger partial charge is 0.253 e. The highest BCUT2D eigenvalue weighted by atomic mass is 16.1. The van der Waals surface area contributed by atoms with Gasteiger partial charge in [0.15, 0.2) is 0 Å². The predicted octanol–water partition coefficient (Wildman–Crippen LogP) is 2.15. The number of likely N-dealkylation sites (tertiary alicyclic amines) is 1. The summed E-state index contributed by atoms with van der Waals surface area (Å²) in [7, 11) is 6.20. The number of nitrogens with one attached hydrogen (secondary N) is 1. The van der Waals surface area contributed by atoms with E-state index >= 15 is 0 Å². The highest BCUT2D eigenvalue weighted by Crippen LogP contribution is 2.17. The summed E-state index contributed by atoms with van der Waals surface area (Å²) in [5.74, 6) is -0.0377. The average molecular weight is 355 g/mol. The maximum atomic E-state index is 12.8. The molecule has 6 heteroatoms. The number of likely N-dealkylation sites (N-methyl/N-ethyl adjacent to an activating group) is 1. The average Bonchev–Trinajstić information content (AvgIpc) is 3.08. The van der Waals surface area contributed by atoms with Crippen LogP contribution in [0.5, 0.6) is 0 Å². The lowest BCUT2D eigenvalue weighted by Crippen LogP contribution is -2.44. The molecule has 1 aliphatic heterocycles. The molecule has 26 heavy (non-hydrogen) atoms. The second-order valence-corrected chi connectivity index (χ2v) is 7.39. The van der Waals surface area contributed by atoms with Gasteiger partial charge in [-0.15, -0.1) is 0 Å². The number of amides is 1. The number of nitrogens with zero attached hydrogens (tertiary/aromatic N) is 4. The van der Waals surface area contributed by atoms with Crippen LogP contribution < -0.4 is 5.32 Å². The van der Waals surface area contributed by atoms with Gasteiger partial charge in [-0.1, -0.05) is 18.6 Å². The molecule has 1 amide bonds. The highest BCUT2D eigenvalue weighted by molar-refractivity contribution is 5.97. The fourth-order valence-electron chi connectivity index (χ4n) is 3.51. The number of hydrogen-bond acceptors (Lipinski definition) is 4. The van der Waals surface area contributed by atoms with E-state index < -0.39 is 0 Å². The molecular weight excluding hydrogens is 326 g/mol. The van der Waals surface area contributed by atoms with Gasteiger partial charge in [0.2, 0.25) is 0 Å². The molecule has 2 aromatic rings. The van der Waals surface area contributed by atoms with Crippen molar-refractivity contribution in [2.75, 3.05) is 34.2 Å². The fourth-order valence-corrected chi connectivity index (χ4v) is 3.51. The molecule has 3 rings (SSSR count). The van der Waals surface area contributed by atoms with Gasteiger partial charge in [0.1, 0.15) is 0 Å². The third-order valence-corrected chi connectivity index (χ3v) is 4.95. The Kier molecular flexibility index (Phi) is 6.06. The van der Waals surface area contributed by atoms with E-state index in [4.69, 9.17) is 0 Å². The second-order valence-electron chi connectivity index (χ2n) is 7.39. The van der Waals surface area contributed by atoms with E-state index in [9.17, 15) is 4.79 Å². The van der Waals surface area contributed by atoms with Crippen LogP contribution in [0, 0.1) is 0 Å². The topological polar surface area (TPSA) is 53.4 Å². The van der Waals surface area contributed by atoms with Crippen molar-refractivity contribution in [2.45, 2.75) is 31.8 Å². The Hall–Kier alpha value is -2.18. The molecular formula is C20H29N5O. The molecule has 6 nitrogen and oxygen atoms in total. The van der Waals surface area contributed by atoms with E-state index in [0.29, 0.717) is 18.2 Å². The first-order valence-electron chi connectivity index (χ1n) is 9.30. The summed E-state index contributed by atoms with van der Waals surface area (Å²) in [5.41, 5.74) is 2.59. The largest absolute Gasteiger partial charge is 0.350 e. The molecule has 0 unspecified atom stereocenters. The van der Waals surface area contributed by atoms with Crippen molar-refractivity contribution in [3.8, 4) is 5.69 Å². The van der Waals surface area contributed by atoms with Crippen LogP contribution in [0.25, 0.3) is 5.69 Å². The first-order chi connectivity index (χ1) is 12.5. The van der Waals surface area contributed by atoms with Gasteiger partial charge in [-0.2, -0.15) is 5.10 Å². The Balaban J connectivity index is 1.72. The third kappa shape index (κ3) is 4.51. The second kappa shape index (κ2) is 8.47. The molecule has 0 saturated carbocycles. The number of benzene rings is 1. The van der Waals surface area contributed by atoms with Gasteiger partial charge in [0, 0.05) is 30.9 Å². The van der Waals surface area contributed by atoms with E-state index in [0.717, 1.165) is 30.8 Å². The molecule has 1 N–H and O–H groups in total. The van der Waals surface area contributed by atoms with Gasteiger partial charge in [0.05, 0.1) is 17.4 Å². The number of piperidine rings is 1. The lowest BCUT2D eigenvalue weighted by atomic mass is 10.0. The number of carbonyl (C=O) groups is 1. The number of carbonyl (C=O) groups excluding carboxylic acids is 1. The quantitative estimate of drug-likeness (QED) is 0.863. The Morgan fingerprint density at radius 3 is 2.88 bits per heavy atom. The molecule has 1 aromatic heterocycles. The number of rotatable bonds is 6. The zero-order chi connectivity index (χ0) is 18.5. The zero-order valence-corrected chi connectivity index (χ0v) is 16.0. The molecule has 1 saturated heterocycles. The molecule has 0 bridgehead atoms. The van der Waals surface area contributed by atoms with Crippen molar-refractivity contribution in [3.63, 3.8) is 0 Å². The van der Waals surface area contributed by atoms with Crippen LogP contribution in [0.1, 0.15) is 35.2 Å². The minimum Gasteiger partial charge on any atom is -0.350 e. The van der Waals surface area contributed by atoms with Crippen LogP contribution in [-0.4, -0.2) is 65.8 Å². The van der Waals surface area contributed by atoms with E-state index in [-0.39, 0.29) is 5.91 Å².